The van der Waals surface area contributed by atoms with Crippen LogP contribution in [-0.4, -0.2) is 22.4 Å². The average molecular weight is 329 g/mol. The molecule has 3 rings (SSSR count). The van der Waals surface area contributed by atoms with E-state index in [2.05, 4.69) is 27.6 Å². The maximum atomic E-state index is 12.2. The van der Waals surface area contributed by atoms with Crippen molar-refractivity contribution >= 4 is 17.2 Å². The zero-order valence-corrected chi connectivity index (χ0v) is 14.3. The lowest BCUT2D eigenvalue weighted by molar-refractivity contribution is -0.125. The molecule has 0 spiro atoms. The second kappa shape index (κ2) is 7.68. The van der Waals surface area contributed by atoms with Crippen molar-refractivity contribution in [3.8, 4) is 10.6 Å². The van der Waals surface area contributed by atoms with Crippen LogP contribution in [0.4, 0.5) is 0 Å². The largest absolute Gasteiger partial charge is 0.355 e. The summed E-state index contributed by atoms with van der Waals surface area (Å²) >= 11 is 1.64. The highest BCUT2D eigenvalue weighted by Crippen LogP contribution is 2.31. The molecule has 122 valence electrons. The fourth-order valence-corrected chi connectivity index (χ4v) is 4.06. The molecule has 4 nitrogen and oxygen atoms in total. The predicted molar refractivity (Wildman–Crippen MR) is 93.2 cm³/mol. The van der Waals surface area contributed by atoms with E-state index in [1.165, 1.54) is 25.7 Å². The van der Waals surface area contributed by atoms with Gasteiger partial charge in [0.15, 0.2) is 0 Å². The molecule has 1 amide bonds. The van der Waals surface area contributed by atoms with Crippen molar-refractivity contribution in [2.75, 3.05) is 6.54 Å². The second-order valence-corrected chi connectivity index (χ2v) is 7.11. The fraction of sp³-hybridized carbons (Fsp3) is 0.500. The third-order valence-corrected chi connectivity index (χ3v) is 5.62. The number of hydrogen-bond acceptors (Lipinski definition) is 4. The van der Waals surface area contributed by atoms with Gasteiger partial charge < -0.3 is 5.32 Å². The van der Waals surface area contributed by atoms with Crippen LogP contribution >= 0.6 is 11.3 Å². The Kier molecular flexibility index (Phi) is 5.39. The molecule has 1 aliphatic carbocycles. The first kappa shape index (κ1) is 16.1. The maximum Gasteiger partial charge on any atom is 0.223 e. The van der Waals surface area contributed by atoms with Crippen LogP contribution in [0.5, 0.6) is 0 Å². The molecule has 1 atom stereocenters. The third kappa shape index (κ3) is 4.16. The van der Waals surface area contributed by atoms with Crippen molar-refractivity contribution in [3.63, 3.8) is 0 Å². The van der Waals surface area contributed by atoms with Crippen molar-refractivity contribution < 1.29 is 4.79 Å². The number of nitrogens with zero attached hydrogens (tertiary/aromatic N) is 2. The van der Waals surface area contributed by atoms with Gasteiger partial charge in [0.2, 0.25) is 5.91 Å². The van der Waals surface area contributed by atoms with Gasteiger partial charge in [0.25, 0.3) is 0 Å². The summed E-state index contributed by atoms with van der Waals surface area (Å²) in [6.45, 7) is 2.73. The van der Waals surface area contributed by atoms with E-state index >= 15 is 0 Å². The minimum atomic E-state index is 0.139. The highest BCUT2D eigenvalue weighted by Gasteiger charge is 2.26. The van der Waals surface area contributed by atoms with Gasteiger partial charge in [-0.1, -0.05) is 19.8 Å². The molecule has 5 heteroatoms. The van der Waals surface area contributed by atoms with E-state index in [0.29, 0.717) is 12.5 Å². The Hall–Kier alpha value is -1.75. The Morgan fingerprint density at radius 1 is 1.35 bits per heavy atom. The number of thiazole rings is 1. The lowest BCUT2D eigenvalue weighted by Gasteiger charge is -2.18. The summed E-state index contributed by atoms with van der Waals surface area (Å²) in [5.74, 6) is 0.911. The van der Waals surface area contributed by atoms with Gasteiger partial charge in [0, 0.05) is 42.2 Å². The molecule has 23 heavy (non-hydrogen) atoms. The summed E-state index contributed by atoms with van der Waals surface area (Å²) in [6.07, 6.45) is 9.30. The maximum absolute atomic E-state index is 12.2. The van der Waals surface area contributed by atoms with Gasteiger partial charge in [-0.3, -0.25) is 9.78 Å². The van der Waals surface area contributed by atoms with E-state index < -0.39 is 0 Å². The van der Waals surface area contributed by atoms with Crippen molar-refractivity contribution in [1.29, 1.82) is 0 Å². The monoisotopic (exact) mass is 329 g/mol. The van der Waals surface area contributed by atoms with E-state index in [-0.39, 0.29) is 11.8 Å². The number of carbonyl (C=O) groups is 1. The molecular formula is C18H23N3OS. The number of nitrogens with one attached hydrogen (secondary N) is 1. The zero-order chi connectivity index (χ0) is 16.1. The van der Waals surface area contributed by atoms with Gasteiger partial charge in [-0.15, -0.1) is 11.3 Å². The second-order valence-electron chi connectivity index (χ2n) is 6.25. The number of rotatable bonds is 6. The van der Waals surface area contributed by atoms with Crippen LogP contribution < -0.4 is 5.32 Å². The molecule has 0 aliphatic heterocycles. The van der Waals surface area contributed by atoms with Gasteiger partial charge in [-0.2, -0.15) is 0 Å². The van der Waals surface area contributed by atoms with Crippen molar-refractivity contribution in [2.24, 2.45) is 11.8 Å². The molecule has 2 aromatic heterocycles. The molecule has 2 heterocycles. The Balaban J connectivity index is 1.47. The molecule has 0 bridgehead atoms. The van der Waals surface area contributed by atoms with Crippen molar-refractivity contribution in [1.82, 2.24) is 15.3 Å². The molecule has 1 saturated carbocycles. The van der Waals surface area contributed by atoms with Gasteiger partial charge in [-0.25, -0.2) is 4.98 Å². The van der Waals surface area contributed by atoms with Crippen LogP contribution in [0.1, 0.15) is 38.3 Å². The van der Waals surface area contributed by atoms with Gasteiger partial charge in [0.05, 0.1) is 5.69 Å². The Labute approximate surface area is 141 Å². The molecule has 0 radical (unpaired) electrons. The van der Waals surface area contributed by atoms with E-state index in [1.54, 1.807) is 23.7 Å². The van der Waals surface area contributed by atoms with Crippen LogP contribution in [0.15, 0.2) is 29.9 Å². The first-order valence-corrected chi connectivity index (χ1v) is 9.24. The van der Waals surface area contributed by atoms with Gasteiger partial charge in [0.1, 0.15) is 5.01 Å². The molecule has 1 fully saturated rings. The summed E-state index contributed by atoms with van der Waals surface area (Å²) in [5.41, 5.74) is 2.13. The first-order chi connectivity index (χ1) is 11.2. The predicted octanol–water partition coefficient (Wildman–Crippen LogP) is 3.69. The molecule has 0 saturated heterocycles. The van der Waals surface area contributed by atoms with Crippen LogP contribution in [0.3, 0.4) is 0 Å². The zero-order valence-electron chi connectivity index (χ0n) is 13.5. The average Bonchev–Trinajstić information content (AvgIpc) is 3.27. The number of pyridine rings is 1. The Bertz CT molecular complexity index is 635. The van der Waals surface area contributed by atoms with E-state index in [0.717, 1.165) is 22.7 Å². The fourth-order valence-electron chi connectivity index (χ4n) is 3.20. The number of carbonyl (C=O) groups excluding carboxylic acids is 1. The summed E-state index contributed by atoms with van der Waals surface area (Å²) in [4.78, 5) is 20.9. The lowest BCUT2D eigenvalue weighted by atomic mass is 9.92. The van der Waals surface area contributed by atoms with E-state index in [9.17, 15) is 4.79 Å². The minimum absolute atomic E-state index is 0.139. The van der Waals surface area contributed by atoms with Crippen molar-refractivity contribution in [2.45, 2.75) is 39.0 Å². The molecule has 2 aromatic rings. The van der Waals surface area contributed by atoms with Crippen LogP contribution in [0.2, 0.25) is 0 Å². The molecule has 1 aliphatic rings. The summed E-state index contributed by atoms with van der Waals surface area (Å²) < 4.78 is 0. The highest BCUT2D eigenvalue weighted by molar-refractivity contribution is 7.13. The number of amides is 1. The Morgan fingerprint density at radius 2 is 2.09 bits per heavy atom. The van der Waals surface area contributed by atoms with Gasteiger partial charge in [-0.05, 0) is 30.9 Å². The van der Waals surface area contributed by atoms with Crippen LogP contribution in [0, 0.1) is 11.8 Å². The van der Waals surface area contributed by atoms with Crippen LogP contribution in [0.25, 0.3) is 10.6 Å². The topological polar surface area (TPSA) is 54.9 Å². The smallest absolute Gasteiger partial charge is 0.223 e. The molecular weight excluding hydrogens is 306 g/mol. The summed E-state index contributed by atoms with van der Waals surface area (Å²) in [5, 5.41) is 6.15. The summed E-state index contributed by atoms with van der Waals surface area (Å²) in [7, 11) is 0. The minimum Gasteiger partial charge on any atom is -0.355 e. The van der Waals surface area contributed by atoms with E-state index in [1.807, 2.05) is 12.1 Å². The molecule has 1 N–H and O–H groups in total. The van der Waals surface area contributed by atoms with Gasteiger partial charge >= 0.3 is 0 Å². The Morgan fingerprint density at radius 3 is 2.83 bits per heavy atom. The standard InChI is InChI=1S/C18H23N3OS/c1-13(14-4-2-3-5-14)17(22)20-11-8-16-12-23-18(21-16)15-6-9-19-10-7-15/h6-7,9-10,12-14H,2-5,8,11H2,1H3,(H,20,22). The molecule has 0 aromatic carbocycles. The van der Waals surface area contributed by atoms with E-state index in [4.69, 9.17) is 0 Å². The summed E-state index contributed by atoms with van der Waals surface area (Å²) in [6, 6.07) is 3.93. The SMILES string of the molecule is CC(C(=O)NCCc1csc(-c2ccncc2)n1)C1CCCC1. The normalized spacial score (nSPS) is 16.4. The number of hydrogen-bond donors (Lipinski definition) is 1. The third-order valence-electron chi connectivity index (χ3n) is 4.68. The molecule has 1 unspecified atom stereocenters. The number of aromatic nitrogens is 2. The highest BCUT2D eigenvalue weighted by atomic mass is 32.1. The van der Waals surface area contributed by atoms with Crippen molar-refractivity contribution in [3.05, 3.63) is 35.6 Å². The quantitative estimate of drug-likeness (QED) is 0.879. The van der Waals surface area contributed by atoms with Crippen LogP contribution in [-0.2, 0) is 11.2 Å². The lowest BCUT2D eigenvalue weighted by Crippen LogP contribution is -2.34. The first-order valence-electron chi connectivity index (χ1n) is 8.36.